The van der Waals surface area contributed by atoms with Crippen LogP contribution in [-0.2, 0) is 6.42 Å². The molecule has 2 aromatic carbocycles. The number of hydrogen-bond donors (Lipinski definition) is 1. The van der Waals surface area contributed by atoms with Gasteiger partial charge in [-0.3, -0.25) is 4.79 Å². The fourth-order valence-corrected chi connectivity index (χ4v) is 3.07. The summed E-state index contributed by atoms with van der Waals surface area (Å²) in [7, 11) is 0. The first kappa shape index (κ1) is 14.1. The van der Waals surface area contributed by atoms with Crippen molar-refractivity contribution in [3.63, 3.8) is 0 Å². The second kappa shape index (κ2) is 5.49. The molecule has 0 heterocycles. The van der Waals surface area contributed by atoms with Crippen molar-refractivity contribution in [3.05, 3.63) is 69.5 Å². The van der Waals surface area contributed by atoms with E-state index in [1.54, 1.807) is 12.1 Å². The highest BCUT2D eigenvalue weighted by atomic mass is 35.5. The molecule has 108 valence electrons. The van der Waals surface area contributed by atoms with Gasteiger partial charge in [0.15, 0.2) is 0 Å². The molecule has 0 saturated carbocycles. The standard InChI is InChI=1S/C17H15ClFNO/c1-10-4-2-3-5-12(10)17(21)20-16-7-6-13-14(16)8-11(18)9-15(13)19/h2-5,8-9,16H,6-7H2,1H3,(H,20,21)/t16-/m1/s1. The van der Waals surface area contributed by atoms with Gasteiger partial charge in [0, 0.05) is 10.6 Å². The fraction of sp³-hybridized carbons (Fsp3) is 0.235. The summed E-state index contributed by atoms with van der Waals surface area (Å²) in [5.41, 5.74) is 3.02. The Bertz CT molecular complexity index is 714. The Balaban J connectivity index is 1.86. The highest BCUT2D eigenvalue weighted by Crippen LogP contribution is 2.35. The minimum Gasteiger partial charge on any atom is -0.345 e. The average Bonchev–Trinajstić information content (AvgIpc) is 2.82. The maximum atomic E-state index is 13.9. The van der Waals surface area contributed by atoms with Crippen molar-refractivity contribution in [1.82, 2.24) is 5.32 Å². The number of halogens is 2. The summed E-state index contributed by atoms with van der Waals surface area (Å²) in [5, 5.41) is 3.35. The lowest BCUT2D eigenvalue weighted by Gasteiger charge is -2.15. The smallest absolute Gasteiger partial charge is 0.252 e. The van der Waals surface area contributed by atoms with Crippen molar-refractivity contribution in [3.8, 4) is 0 Å². The Morgan fingerprint density at radius 2 is 2.10 bits per heavy atom. The lowest BCUT2D eigenvalue weighted by atomic mass is 10.1. The first-order valence-electron chi connectivity index (χ1n) is 6.90. The van der Waals surface area contributed by atoms with Gasteiger partial charge in [0.25, 0.3) is 5.91 Å². The predicted octanol–water partition coefficient (Wildman–Crippen LogP) is 4.20. The molecule has 1 aliphatic rings. The number of hydrogen-bond acceptors (Lipinski definition) is 1. The van der Waals surface area contributed by atoms with Crippen molar-refractivity contribution in [1.29, 1.82) is 0 Å². The molecular weight excluding hydrogens is 289 g/mol. The second-order valence-corrected chi connectivity index (χ2v) is 5.77. The topological polar surface area (TPSA) is 29.1 Å². The summed E-state index contributed by atoms with van der Waals surface area (Å²) >= 11 is 5.92. The third kappa shape index (κ3) is 2.66. The van der Waals surface area contributed by atoms with E-state index < -0.39 is 0 Å². The first-order chi connectivity index (χ1) is 10.1. The van der Waals surface area contributed by atoms with Gasteiger partial charge in [-0.1, -0.05) is 29.8 Å². The van der Waals surface area contributed by atoms with E-state index in [-0.39, 0.29) is 17.8 Å². The number of nitrogens with one attached hydrogen (secondary N) is 1. The van der Waals surface area contributed by atoms with E-state index in [2.05, 4.69) is 5.32 Å². The molecule has 1 atom stereocenters. The molecule has 1 N–H and O–H groups in total. The summed E-state index contributed by atoms with van der Waals surface area (Å²) < 4.78 is 13.9. The molecule has 3 rings (SSSR count). The van der Waals surface area contributed by atoms with Crippen LogP contribution >= 0.6 is 11.6 Å². The van der Waals surface area contributed by atoms with Crippen LogP contribution in [0.1, 0.15) is 39.5 Å². The van der Waals surface area contributed by atoms with Crippen LogP contribution in [-0.4, -0.2) is 5.91 Å². The molecule has 2 aromatic rings. The third-order valence-electron chi connectivity index (χ3n) is 3.95. The molecule has 0 fully saturated rings. The van der Waals surface area contributed by atoms with Crippen LogP contribution in [0.2, 0.25) is 5.02 Å². The van der Waals surface area contributed by atoms with Crippen molar-refractivity contribution < 1.29 is 9.18 Å². The van der Waals surface area contributed by atoms with Gasteiger partial charge in [-0.2, -0.15) is 0 Å². The molecule has 1 aliphatic carbocycles. The van der Waals surface area contributed by atoms with Crippen LogP contribution in [0.25, 0.3) is 0 Å². The fourth-order valence-electron chi connectivity index (χ4n) is 2.86. The highest BCUT2D eigenvalue weighted by molar-refractivity contribution is 6.30. The van der Waals surface area contributed by atoms with E-state index in [1.165, 1.54) is 6.07 Å². The van der Waals surface area contributed by atoms with Crippen molar-refractivity contribution >= 4 is 17.5 Å². The van der Waals surface area contributed by atoms with Gasteiger partial charge >= 0.3 is 0 Å². The number of carbonyl (C=O) groups excluding carboxylic acids is 1. The molecule has 0 radical (unpaired) electrons. The summed E-state index contributed by atoms with van der Waals surface area (Å²) in [4.78, 5) is 12.4. The molecular formula is C17H15ClFNO. The van der Waals surface area contributed by atoms with Crippen molar-refractivity contribution in [2.24, 2.45) is 0 Å². The van der Waals surface area contributed by atoms with Gasteiger partial charge in [0.1, 0.15) is 5.82 Å². The van der Waals surface area contributed by atoms with Crippen LogP contribution in [0, 0.1) is 12.7 Å². The molecule has 0 unspecified atom stereocenters. The van der Waals surface area contributed by atoms with Crippen LogP contribution in [0.15, 0.2) is 36.4 Å². The zero-order valence-corrected chi connectivity index (χ0v) is 12.4. The molecule has 1 amide bonds. The average molecular weight is 304 g/mol. The van der Waals surface area contributed by atoms with Gasteiger partial charge in [-0.25, -0.2) is 4.39 Å². The number of rotatable bonds is 2. The number of carbonyl (C=O) groups is 1. The summed E-state index contributed by atoms with van der Waals surface area (Å²) in [6.45, 7) is 1.90. The second-order valence-electron chi connectivity index (χ2n) is 5.34. The molecule has 21 heavy (non-hydrogen) atoms. The maximum absolute atomic E-state index is 13.9. The van der Waals surface area contributed by atoms with Crippen LogP contribution in [0.4, 0.5) is 4.39 Å². The molecule has 0 bridgehead atoms. The first-order valence-corrected chi connectivity index (χ1v) is 7.28. The van der Waals surface area contributed by atoms with Gasteiger partial charge in [-0.05, 0) is 54.7 Å². The molecule has 0 saturated heterocycles. The van der Waals surface area contributed by atoms with Crippen LogP contribution in [0.5, 0.6) is 0 Å². The Kier molecular flexibility index (Phi) is 3.68. The Morgan fingerprint density at radius 1 is 1.33 bits per heavy atom. The lowest BCUT2D eigenvalue weighted by Crippen LogP contribution is -2.27. The van der Waals surface area contributed by atoms with Gasteiger partial charge < -0.3 is 5.32 Å². The van der Waals surface area contributed by atoms with Gasteiger partial charge in [0.2, 0.25) is 0 Å². The van der Waals surface area contributed by atoms with Crippen LogP contribution in [0.3, 0.4) is 0 Å². The monoisotopic (exact) mass is 303 g/mol. The van der Waals surface area contributed by atoms with Crippen LogP contribution < -0.4 is 5.32 Å². The molecule has 2 nitrogen and oxygen atoms in total. The predicted molar refractivity (Wildman–Crippen MR) is 81.1 cm³/mol. The minimum atomic E-state index is -0.287. The largest absolute Gasteiger partial charge is 0.345 e. The number of fused-ring (bicyclic) bond motifs is 1. The van der Waals surface area contributed by atoms with E-state index in [0.717, 1.165) is 11.1 Å². The Morgan fingerprint density at radius 3 is 2.86 bits per heavy atom. The summed E-state index contributed by atoms with van der Waals surface area (Å²) in [5.74, 6) is -0.420. The third-order valence-corrected chi connectivity index (χ3v) is 4.17. The summed E-state index contributed by atoms with van der Waals surface area (Å²) in [6, 6.07) is 10.3. The number of aryl methyl sites for hydroxylation is 1. The number of benzene rings is 2. The Hall–Kier alpha value is -1.87. The van der Waals surface area contributed by atoms with E-state index in [1.807, 2.05) is 25.1 Å². The normalized spacial score (nSPS) is 16.6. The molecule has 0 aromatic heterocycles. The van der Waals surface area contributed by atoms with Crippen molar-refractivity contribution in [2.75, 3.05) is 0 Å². The zero-order valence-electron chi connectivity index (χ0n) is 11.6. The quantitative estimate of drug-likeness (QED) is 0.885. The summed E-state index contributed by atoms with van der Waals surface area (Å²) in [6.07, 6.45) is 1.32. The SMILES string of the molecule is Cc1ccccc1C(=O)N[C@@H]1CCc2c(F)cc(Cl)cc21. The van der Waals surface area contributed by atoms with Crippen molar-refractivity contribution in [2.45, 2.75) is 25.8 Å². The van der Waals surface area contributed by atoms with E-state index >= 15 is 0 Å². The maximum Gasteiger partial charge on any atom is 0.252 e. The highest BCUT2D eigenvalue weighted by Gasteiger charge is 2.27. The lowest BCUT2D eigenvalue weighted by molar-refractivity contribution is 0.0936. The number of amides is 1. The van der Waals surface area contributed by atoms with Gasteiger partial charge in [-0.15, -0.1) is 0 Å². The molecule has 0 spiro atoms. The van der Waals surface area contributed by atoms with E-state index in [0.29, 0.717) is 29.0 Å². The minimum absolute atomic E-state index is 0.133. The zero-order chi connectivity index (χ0) is 15.0. The van der Waals surface area contributed by atoms with E-state index in [4.69, 9.17) is 11.6 Å². The molecule has 4 heteroatoms. The Labute approximate surface area is 127 Å². The van der Waals surface area contributed by atoms with E-state index in [9.17, 15) is 9.18 Å². The molecule has 0 aliphatic heterocycles. The van der Waals surface area contributed by atoms with Gasteiger partial charge in [0.05, 0.1) is 6.04 Å².